The number of hydrogen-bond acceptors (Lipinski definition) is 3. The van der Waals surface area contributed by atoms with Gasteiger partial charge in [-0.3, -0.25) is 0 Å². The van der Waals surface area contributed by atoms with Crippen molar-refractivity contribution in [1.82, 2.24) is 10.2 Å². The molecule has 1 aromatic carbocycles. The fourth-order valence-electron chi connectivity index (χ4n) is 1.50. The van der Waals surface area contributed by atoms with E-state index in [2.05, 4.69) is 10.2 Å². The van der Waals surface area contributed by atoms with Gasteiger partial charge in [0, 0.05) is 12.0 Å². The van der Waals surface area contributed by atoms with Gasteiger partial charge in [-0.1, -0.05) is 23.7 Å². The fraction of sp³-hybridized carbons (Fsp3) is 0.231. The van der Waals surface area contributed by atoms with E-state index < -0.39 is 0 Å². The van der Waals surface area contributed by atoms with Crippen LogP contribution in [-0.2, 0) is 6.42 Å². The van der Waals surface area contributed by atoms with Gasteiger partial charge in [0.15, 0.2) is 5.15 Å². The van der Waals surface area contributed by atoms with Gasteiger partial charge in [-0.25, -0.2) is 4.39 Å². The Hall–Kier alpha value is -1.68. The van der Waals surface area contributed by atoms with Gasteiger partial charge in [-0.15, -0.1) is 10.2 Å². The Kier molecular flexibility index (Phi) is 4.10. The van der Waals surface area contributed by atoms with Crippen LogP contribution in [0.15, 0.2) is 30.3 Å². The average molecular weight is 267 g/mol. The number of rotatable bonds is 4. The molecule has 0 N–H and O–H groups in total. The van der Waals surface area contributed by atoms with E-state index in [0.29, 0.717) is 24.1 Å². The van der Waals surface area contributed by atoms with Crippen LogP contribution in [0.2, 0.25) is 5.15 Å². The van der Waals surface area contributed by atoms with E-state index in [0.717, 1.165) is 11.1 Å². The third-order valence-electron chi connectivity index (χ3n) is 2.45. The summed E-state index contributed by atoms with van der Waals surface area (Å²) < 4.78 is 18.2. The van der Waals surface area contributed by atoms with Crippen molar-refractivity contribution < 1.29 is 9.13 Å². The van der Waals surface area contributed by atoms with Crippen molar-refractivity contribution in [2.24, 2.45) is 0 Å². The van der Waals surface area contributed by atoms with Crippen LogP contribution in [0.3, 0.4) is 0 Å². The highest BCUT2D eigenvalue weighted by atomic mass is 35.5. The zero-order valence-corrected chi connectivity index (χ0v) is 10.6. The maximum Gasteiger partial charge on any atom is 0.236 e. The van der Waals surface area contributed by atoms with Crippen molar-refractivity contribution in [3.63, 3.8) is 0 Å². The Labute approximate surface area is 110 Å². The highest BCUT2D eigenvalue weighted by Crippen LogP contribution is 2.16. The molecule has 0 fully saturated rings. The van der Waals surface area contributed by atoms with E-state index in [-0.39, 0.29) is 5.82 Å². The quantitative estimate of drug-likeness (QED) is 0.852. The minimum atomic E-state index is -0.237. The zero-order valence-electron chi connectivity index (χ0n) is 9.86. The SMILES string of the molecule is Cc1cc(Cl)nnc1OCCc1ccc(F)cc1. The summed E-state index contributed by atoms with van der Waals surface area (Å²) in [5.41, 5.74) is 1.85. The van der Waals surface area contributed by atoms with Crippen LogP contribution >= 0.6 is 11.6 Å². The highest BCUT2D eigenvalue weighted by molar-refractivity contribution is 6.29. The monoisotopic (exact) mass is 266 g/mol. The van der Waals surface area contributed by atoms with Crippen molar-refractivity contribution in [1.29, 1.82) is 0 Å². The summed E-state index contributed by atoms with van der Waals surface area (Å²) in [5, 5.41) is 7.92. The molecule has 0 radical (unpaired) electrons. The van der Waals surface area contributed by atoms with Crippen LogP contribution in [-0.4, -0.2) is 16.8 Å². The summed E-state index contributed by atoms with van der Waals surface area (Å²) >= 11 is 5.70. The molecule has 0 saturated heterocycles. The number of benzene rings is 1. The van der Waals surface area contributed by atoms with Gasteiger partial charge in [0.1, 0.15) is 5.82 Å². The molecule has 2 aromatic rings. The van der Waals surface area contributed by atoms with Crippen molar-refractivity contribution in [3.05, 3.63) is 52.4 Å². The minimum absolute atomic E-state index is 0.237. The molecular formula is C13H12ClFN2O. The lowest BCUT2D eigenvalue weighted by Gasteiger charge is -2.07. The molecule has 0 aliphatic carbocycles. The first-order valence-corrected chi connectivity index (χ1v) is 5.90. The standard InChI is InChI=1S/C13H12ClFN2O/c1-9-8-12(14)16-17-13(9)18-7-6-10-2-4-11(15)5-3-10/h2-5,8H,6-7H2,1H3. The molecule has 1 aromatic heterocycles. The number of nitrogens with zero attached hydrogens (tertiary/aromatic N) is 2. The predicted octanol–water partition coefficient (Wildman–Crippen LogP) is 3.20. The summed E-state index contributed by atoms with van der Waals surface area (Å²) in [5.74, 6) is 0.237. The van der Waals surface area contributed by atoms with Crippen LogP contribution in [0.5, 0.6) is 5.88 Å². The molecule has 0 spiro atoms. The summed E-state index contributed by atoms with van der Waals surface area (Å²) in [6.45, 7) is 2.32. The van der Waals surface area contributed by atoms with E-state index in [1.807, 2.05) is 6.92 Å². The topological polar surface area (TPSA) is 35.0 Å². The predicted molar refractivity (Wildman–Crippen MR) is 67.4 cm³/mol. The van der Waals surface area contributed by atoms with Gasteiger partial charge >= 0.3 is 0 Å². The summed E-state index contributed by atoms with van der Waals surface area (Å²) in [6, 6.07) is 8.03. The van der Waals surface area contributed by atoms with Gasteiger partial charge in [0.2, 0.25) is 5.88 Å². The Morgan fingerprint density at radius 3 is 2.61 bits per heavy atom. The summed E-state index contributed by atoms with van der Waals surface area (Å²) in [7, 11) is 0. The van der Waals surface area contributed by atoms with Crippen LogP contribution in [0.4, 0.5) is 4.39 Å². The molecule has 5 heteroatoms. The molecule has 0 unspecified atom stereocenters. The zero-order chi connectivity index (χ0) is 13.0. The Balaban J connectivity index is 1.90. The second-order valence-corrected chi connectivity index (χ2v) is 4.27. The maximum atomic E-state index is 12.7. The Morgan fingerprint density at radius 2 is 1.94 bits per heavy atom. The van der Waals surface area contributed by atoms with E-state index in [4.69, 9.17) is 16.3 Å². The summed E-state index contributed by atoms with van der Waals surface area (Å²) in [4.78, 5) is 0. The van der Waals surface area contributed by atoms with Gasteiger partial charge in [-0.2, -0.15) is 0 Å². The third-order valence-corrected chi connectivity index (χ3v) is 2.64. The molecule has 0 bridgehead atoms. The van der Waals surface area contributed by atoms with Crippen molar-refractivity contribution in [2.45, 2.75) is 13.3 Å². The molecule has 0 amide bonds. The third kappa shape index (κ3) is 3.40. The van der Waals surface area contributed by atoms with Crippen LogP contribution < -0.4 is 4.74 Å². The largest absolute Gasteiger partial charge is 0.476 e. The molecule has 0 saturated carbocycles. The van der Waals surface area contributed by atoms with E-state index >= 15 is 0 Å². The average Bonchev–Trinajstić information content (AvgIpc) is 2.34. The van der Waals surface area contributed by atoms with Crippen LogP contribution in [0, 0.1) is 12.7 Å². The Bertz CT molecular complexity index is 531. The lowest BCUT2D eigenvalue weighted by Crippen LogP contribution is -2.04. The van der Waals surface area contributed by atoms with Crippen molar-refractivity contribution >= 4 is 11.6 Å². The normalized spacial score (nSPS) is 10.4. The lowest BCUT2D eigenvalue weighted by atomic mass is 10.2. The van der Waals surface area contributed by atoms with Crippen molar-refractivity contribution in [3.8, 4) is 5.88 Å². The first-order chi connectivity index (χ1) is 8.65. The maximum absolute atomic E-state index is 12.7. The van der Waals surface area contributed by atoms with Gasteiger partial charge in [0.25, 0.3) is 0 Å². The second-order valence-electron chi connectivity index (χ2n) is 3.88. The number of aryl methyl sites for hydroxylation is 1. The molecule has 0 aliphatic rings. The van der Waals surface area contributed by atoms with Crippen molar-refractivity contribution in [2.75, 3.05) is 6.61 Å². The molecule has 2 rings (SSSR count). The molecule has 0 atom stereocenters. The number of ether oxygens (including phenoxy) is 1. The highest BCUT2D eigenvalue weighted by Gasteiger charge is 2.03. The minimum Gasteiger partial charge on any atom is -0.476 e. The number of hydrogen-bond donors (Lipinski definition) is 0. The molecular weight excluding hydrogens is 255 g/mol. The first-order valence-electron chi connectivity index (χ1n) is 5.52. The van der Waals surface area contributed by atoms with E-state index in [1.54, 1.807) is 18.2 Å². The van der Waals surface area contributed by atoms with E-state index in [9.17, 15) is 4.39 Å². The fourth-order valence-corrected chi connectivity index (χ4v) is 1.70. The van der Waals surface area contributed by atoms with E-state index in [1.165, 1.54) is 12.1 Å². The number of aromatic nitrogens is 2. The summed E-state index contributed by atoms with van der Waals surface area (Å²) in [6.07, 6.45) is 0.685. The van der Waals surface area contributed by atoms with Gasteiger partial charge < -0.3 is 4.74 Å². The lowest BCUT2D eigenvalue weighted by molar-refractivity contribution is 0.303. The molecule has 3 nitrogen and oxygen atoms in total. The Morgan fingerprint density at radius 1 is 1.22 bits per heavy atom. The van der Waals surface area contributed by atoms with Crippen LogP contribution in [0.1, 0.15) is 11.1 Å². The first kappa shape index (κ1) is 12.8. The second kappa shape index (κ2) is 5.78. The molecule has 1 heterocycles. The van der Waals surface area contributed by atoms with Gasteiger partial charge in [0.05, 0.1) is 6.61 Å². The number of halogens is 2. The smallest absolute Gasteiger partial charge is 0.236 e. The molecule has 18 heavy (non-hydrogen) atoms. The molecule has 94 valence electrons. The van der Waals surface area contributed by atoms with Gasteiger partial charge in [-0.05, 0) is 30.7 Å². The van der Waals surface area contributed by atoms with Crippen LogP contribution in [0.25, 0.3) is 0 Å². The molecule has 0 aliphatic heterocycles.